The molecule has 1 N–H and O–H groups in total. The molecular weight excluding hydrogens is 310 g/mol. The summed E-state index contributed by atoms with van der Waals surface area (Å²) in [5.74, 6) is -0.861. The maximum Gasteiger partial charge on any atom is 0.344 e. The first-order valence-electron chi connectivity index (χ1n) is 5.57. The number of carbonyl (C=O) groups is 1. The highest BCUT2D eigenvalue weighted by atomic mass is 35.5. The van der Waals surface area contributed by atoms with Crippen LogP contribution < -0.4 is 4.74 Å². The molecule has 0 aliphatic rings. The van der Waals surface area contributed by atoms with Crippen LogP contribution in [-0.2, 0) is 9.36 Å². The Kier molecular flexibility index (Phi) is 5.72. The van der Waals surface area contributed by atoms with Gasteiger partial charge in [0.25, 0.3) is 0 Å². The molecule has 0 aliphatic heterocycles. The summed E-state index contributed by atoms with van der Waals surface area (Å²) >= 11 is 11.7. The molecule has 1 rings (SSSR count). The van der Waals surface area contributed by atoms with Crippen molar-refractivity contribution in [1.29, 1.82) is 0 Å². The van der Waals surface area contributed by atoms with Gasteiger partial charge in [0.2, 0.25) is 0 Å². The van der Waals surface area contributed by atoms with Crippen molar-refractivity contribution in [3.05, 3.63) is 28.2 Å². The van der Waals surface area contributed by atoms with E-state index in [1.165, 1.54) is 12.1 Å². The quantitative estimate of drug-likeness (QED) is 0.807. The summed E-state index contributed by atoms with van der Waals surface area (Å²) in [5, 5.41) is 9.78. The second-order valence-corrected chi connectivity index (χ2v) is 9.04. The third-order valence-electron chi connectivity index (χ3n) is 2.37. The molecule has 0 amide bonds. The second kappa shape index (κ2) is 6.65. The van der Waals surface area contributed by atoms with E-state index in [0.717, 1.165) is 0 Å². The summed E-state index contributed by atoms with van der Waals surface area (Å²) < 4.78 is 17.0. The highest BCUT2D eigenvalue weighted by Crippen LogP contribution is 2.37. The minimum Gasteiger partial charge on any atom is -0.479 e. The Bertz CT molecular complexity index is 512. The van der Waals surface area contributed by atoms with Crippen molar-refractivity contribution in [3.63, 3.8) is 0 Å². The molecule has 0 heterocycles. The van der Waals surface area contributed by atoms with Crippen LogP contribution in [0.2, 0.25) is 10.0 Å². The van der Waals surface area contributed by atoms with E-state index in [9.17, 15) is 9.36 Å². The molecule has 0 fully saturated rings. The summed E-state index contributed by atoms with van der Waals surface area (Å²) in [4.78, 5) is 11.1. The molecule has 0 aromatic heterocycles. The maximum absolute atomic E-state index is 11.6. The number of hydrogen-bond acceptors (Lipinski definition) is 3. The minimum atomic E-state index is -2.28. The molecule has 0 aliphatic carbocycles. The van der Waals surface area contributed by atoms with Gasteiger partial charge in [0.15, 0.2) is 6.10 Å². The van der Waals surface area contributed by atoms with Crippen LogP contribution in [0.4, 0.5) is 0 Å². The van der Waals surface area contributed by atoms with Gasteiger partial charge in [-0.25, -0.2) is 4.79 Å². The van der Waals surface area contributed by atoms with Crippen LogP contribution in [0, 0.1) is 0 Å². The maximum atomic E-state index is 11.6. The molecule has 1 aromatic carbocycles. The smallest absolute Gasteiger partial charge is 0.344 e. The average molecular weight is 325 g/mol. The molecule has 0 spiro atoms. The lowest BCUT2D eigenvalue weighted by molar-refractivity contribution is -0.145. The summed E-state index contributed by atoms with van der Waals surface area (Å²) in [6.07, 6.45) is -0.611. The number of rotatable bonds is 6. The number of carboxylic acids is 1. The van der Waals surface area contributed by atoms with E-state index in [2.05, 4.69) is 0 Å². The molecule has 4 nitrogen and oxygen atoms in total. The molecular formula is C12H15Cl2O4P. The first kappa shape index (κ1) is 16.4. The second-order valence-electron chi connectivity index (χ2n) is 4.61. The molecule has 1 aromatic rings. The van der Waals surface area contributed by atoms with Crippen molar-refractivity contribution < 1.29 is 19.2 Å². The predicted molar refractivity (Wildman–Crippen MR) is 77.5 cm³/mol. The van der Waals surface area contributed by atoms with Gasteiger partial charge in [-0.2, -0.15) is 0 Å². The lowest BCUT2D eigenvalue weighted by atomic mass is 10.2. The number of benzene rings is 1. The van der Waals surface area contributed by atoms with Gasteiger partial charge in [-0.3, -0.25) is 0 Å². The van der Waals surface area contributed by atoms with Gasteiger partial charge < -0.3 is 14.4 Å². The Morgan fingerprint density at radius 1 is 1.42 bits per heavy atom. The molecule has 1 atom stereocenters. The Labute approximate surface area is 122 Å². The van der Waals surface area contributed by atoms with Crippen molar-refractivity contribution in [2.75, 3.05) is 19.5 Å². The first-order valence-corrected chi connectivity index (χ1v) is 9.12. The van der Waals surface area contributed by atoms with E-state index >= 15 is 0 Å². The Balaban J connectivity index is 2.78. The van der Waals surface area contributed by atoms with E-state index in [0.29, 0.717) is 11.2 Å². The van der Waals surface area contributed by atoms with Crippen LogP contribution in [0.5, 0.6) is 5.75 Å². The van der Waals surface area contributed by atoms with Crippen LogP contribution in [0.3, 0.4) is 0 Å². The fraction of sp³-hybridized carbons (Fsp3) is 0.417. The third-order valence-corrected chi connectivity index (χ3v) is 4.23. The zero-order valence-electron chi connectivity index (χ0n) is 10.6. The molecule has 0 saturated carbocycles. The largest absolute Gasteiger partial charge is 0.479 e. The molecule has 1 unspecified atom stereocenters. The topological polar surface area (TPSA) is 63.6 Å². The van der Waals surface area contributed by atoms with E-state index < -0.39 is 19.2 Å². The lowest BCUT2D eigenvalue weighted by Gasteiger charge is -2.17. The molecule has 0 radical (unpaired) electrons. The van der Waals surface area contributed by atoms with Crippen LogP contribution in [0.15, 0.2) is 18.2 Å². The zero-order chi connectivity index (χ0) is 14.6. The Hall–Kier alpha value is -0.700. The van der Waals surface area contributed by atoms with Crippen molar-refractivity contribution in [2.24, 2.45) is 0 Å². The number of carboxylic acid groups (broad SMARTS) is 1. The normalized spacial score (nSPS) is 13.1. The number of halogens is 2. The molecule has 7 heteroatoms. The summed E-state index contributed by atoms with van der Waals surface area (Å²) in [6, 6.07) is 4.55. The minimum absolute atomic E-state index is 0.165. The van der Waals surface area contributed by atoms with Crippen LogP contribution >= 0.6 is 30.3 Å². The summed E-state index contributed by atoms with van der Waals surface area (Å²) in [7, 11) is -2.28. The Morgan fingerprint density at radius 3 is 2.53 bits per heavy atom. The van der Waals surface area contributed by atoms with Crippen molar-refractivity contribution in [1.82, 2.24) is 0 Å². The van der Waals surface area contributed by atoms with Gasteiger partial charge in [-0.05, 0) is 31.5 Å². The van der Waals surface area contributed by atoms with Crippen LogP contribution in [0.25, 0.3) is 0 Å². The predicted octanol–water partition coefficient (Wildman–Crippen LogP) is 3.84. The molecule has 106 valence electrons. The monoisotopic (exact) mass is 324 g/mol. The summed E-state index contributed by atoms with van der Waals surface area (Å²) in [5.41, 5.74) is 0. The first-order chi connectivity index (χ1) is 8.69. The number of aliphatic carboxylic acids is 1. The van der Waals surface area contributed by atoms with E-state index in [-0.39, 0.29) is 17.2 Å². The van der Waals surface area contributed by atoms with Gasteiger partial charge in [-0.15, -0.1) is 0 Å². The molecule has 19 heavy (non-hydrogen) atoms. The third kappa shape index (κ3) is 5.85. The van der Waals surface area contributed by atoms with E-state index in [1.807, 2.05) is 0 Å². The van der Waals surface area contributed by atoms with Gasteiger partial charge in [-0.1, -0.05) is 23.2 Å². The fourth-order valence-corrected chi connectivity index (χ4v) is 2.69. The summed E-state index contributed by atoms with van der Waals surface area (Å²) in [6.45, 7) is 3.22. The van der Waals surface area contributed by atoms with Gasteiger partial charge in [0.1, 0.15) is 5.75 Å². The highest BCUT2D eigenvalue weighted by Gasteiger charge is 2.23. The van der Waals surface area contributed by atoms with Gasteiger partial charge in [0.05, 0.1) is 12.2 Å². The highest BCUT2D eigenvalue weighted by molar-refractivity contribution is 7.62. The van der Waals surface area contributed by atoms with E-state index in [4.69, 9.17) is 33.0 Å². The van der Waals surface area contributed by atoms with Crippen molar-refractivity contribution in [3.8, 4) is 5.75 Å². The van der Waals surface area contributed by atoms with Crippen molar-refractivity contribution in [2.45, 2.75) is 12.5 Å². The SMILES string of the molecule is CP(C)(=O)CCC(Oc1ccc(Cl)cc1Cl)C(=O)O. The molecule has 0 bridgehead atoms. The zero-order valence-corrected chi connectivity index (χ0v) is 13.0. The van der Waals surface area contributed by atoms with E-state index in [1.54, 1.807) is 19.4 Å². The number of ether oxygens (including phenoxy) is 1. The molecule has 0 saturated heterocycles. The Morgan fingerprint density at radius 2 is 2.05 bits per heavy atom. The van der Waals surface area contributed by atoms with Crippen LogP contribution in [-0.4, -0.2) is 36.7 Å². The van der Waals surface area contributed by atoms with Gasteiger partial charge in [0, 0.05) is 17.6 Å². The van der Waals surface area contributed by atoms with Crippen LogP contribution in [0.1, 0.15) is 6.42 Å². The average Bonchev–Trinajstić information content (AvgIpc) is 2.24. The number of hydrogen-bond donors (Lipinski definition) is 1. The van der Waals surface area contributed by atoms with Gasteiger partial charge >= 0.3 is 5.97 Å². The van der Waals surface area contributed by atoms with Crippen molar-refractivity contribution >= 4 is 36.3 Å². The standard InChI is InChI=1S/C12H15Cl2O4P/c1-19(2,17)6-5-11(12(15)16)18-10-4-3-8(13)7-9(10)14/h3-4,7,11H,5-6H2,1-2H3,(H,15,16). The fourth-order valence-electron chi connectivity index (χ4n) is 1.39. The lowest BCUT2D eigenvalue weighted by Crippen LogP contribution is -2.28.